The number of hydrogen-bond donors (Lipinski definition) is 0. The van der Waals surface area contributed by atoms with Crippen LogP contribution in [0.4, 0.5) is 0 Å². The van der Waals surface area contributed by atoms with Crippen molar-refractivity contribution in [2.75, 3.05) is 0 Å². The van der Waals surface area contributed by atoms with Crippen molar-refractivity contribution < 1.29 is 4.79 Å². The molecule has 0 saturated heterocycles. The monoisotopic (exact) mass is 216 g/mol. The molecular weight excluding hydrogens is 196 g/mol. The fraction of sp³-hybridized carbons (Fsp3) is 0.533. The van der Waals surface area contributed by atoms with Crippen molar-refractivity contribution in [3.63, 3.8) is 0 Å². The van der Waals surface area contributed by atoms with E-state index in [4.69, 9.17) is 0 Å². The summed E-state index contributed by atoms with van der Waals surface area (Å²) in [5, 5.41) is 0. The van der Waals surface area contributed by atoms with Crippen molar-refractivity contribution in [3.05, 3.63) is 34.9 Å². The lowest BCUT2D eigenvalue weighted by Gasteiger charge is -2.20. The van der Waals surface area contributed by atoms with Crippen LogP contribution in [0, 0.1) is 5.41 Å². The van der Waals surface area contributed by atoms with E-state index in [-0.39, 0.29) is 11.2 Å². The highest BCUT2D eigenvalue weighted by molar-refractivity contribution is 6.00. The van der Waals surface area contributed by atoms with E-state index in [1.165, 1.54) is 30.4 Å². The predicted molar refractivity (Wildman–Crippen MR) is 66.9 cm³/mol. The molecule has 0 heterocycles. The molecule has 0 saturated carbocycles. The molecule has 0 radical (unpaired) electrons. The first-order chi connectivity index (χ1) is 7.48. The lowest BCUT2D eigenvalue weighted by atomic mass is 9.83. The van der Waals surface area contributed by atoms with Gasteiger partial charge in [0.2, 0.25) is 0 Å². The maximum atomic E-state index is 12.2. The molecule has 0 bridgehead atoms. The van der Waals surface area contributed by atoms with Gasteiger partial charge in [0.15, 0.2) is 5.78 Å². The number of hydrogen-bond acceptors (Lipinski definition) is 1. The van der Waals surface area contributed by atoms with E-state index >= 15 is 0 Å². The summed E-state index contributed by atoms with van der Waals surface area (Å²) >= 11 is 0. The Labute approximate surface area is 97.9 Å². The summed E-state index contributed by atoms with van der Waals surface area (Å²) in [4.78, 5) is 12.2. The zero-order chi connectivity index (χ0) is 11.8. The topological polar surface area (TPSA) is 17.1 Å². The van der Waals surface area contributed by atoms with E-state index < -0.39 is 0 Å². The zero-order valence-electron chi connectivity index (χ0n) is 10.5. The SMILES string of the molecule is CC(C)(C)C(=O)c1ccc2c(c1)CCCC2. The summed E-state index contributed by atoms with van der Waals surface area (Å²) in [7, 11) is 0. The summed E-state index contributed by atoms with van der Waals surface area (Å²) in [6.07, 6.45) is 4.87. The quantitative estimate of drug-likeness (QED) is 0.653. The third-order valence-corrected chi connectivity index (χ3v) is 3.29. The first-order valence-electron chi connectivity index (χ1n) is 6.15. The Morgan fingerprint density at radius 2 is 1.69 bits per heavy atom. The largest absolute Gasteiger partial charge is 0.294 e. The summed E-state index contributed by atoms with van der Waals surface area (Å²) in [5.41, 5.74) is 3.44. The molecule has 1 aliphatic rings. The second kappa shape index (κ2) is 4.04. The number of rotatable bonds is 1. The Kier molecular flexibility index (Phi) is 2.88. The van der Waals surface area contributed by atoms with Gasteiger partial charge in [0.1, 0.15) is 0 Å². The Morgan fingerprint density at radius 3 is 2.31 bits per heavy atom. The van der Waals surface area contributed by atoms with Crippen molar-refractivity contribution in [1.29, 1.82) is 0 Å². The lowest BCUT2D eigenvalue weighted by Crippen LogP contribution is -2.20. The number of benzene rings is 1. The van der Waals surface area contributed by atoms with Crippen LogP contribution < -0.4 is 0 Å². The van der Waals surface area contributed by atoms with Gasteiger partial charge in [-0.25, -0.2) is 0 Å². The summed E-state index contributed by atoms with van der Waals surface area (Å²) in [6, 6.07) is 6.26. The van der Waals surface area contributed by atoms with Crippen LogP contribution in [-0.4, -0.2) is 5.78 Å². The zero-order valence-corrected chi connectivity index (χ0v) is 10.5. The molecule has 0 N–H and O–H groups in total. The van der Waals surface area contributed by atoms with E-state index in [1.807, 2.05) is 26.8 Å². The molecule has 0 aliphatic heterocycles. The van der Waals surface area contributed by atoms with Crippen LogP contribution >= 0.6 is 0 Å². The molecule has 0 amide bonds. The number of ketones is 1. The van der Waals surface area contributed by atoms with Crippen LogP contribution in [0.15, 0.2) is 18.2 Å². The molecule has 0 spiro atoms. The van der Waals surface area contributed by atoms with Crippen molar-refractivity contribution >= 4 is 5.78 Å². The molecule has 1 heteroatoms. The van der Waals surface area contributed by atoms with E-state index in [9.17, 15) is 4.79 Å². The number of carbonyl (C=O) groups excluding carboxylic acids is 1. The summed E-state index contributed by atoms with van der Waals surface area (Å²) < 4.78 is 0. The molecule has 1 aromatic carbocycles. The molecule has 2 rings (SSSR count). The van der Waals surface area contributed by atoms with Crippen molar-refractivity contribution in [2.24, 2.45) is 5.41 Å². The van der Waals surface area contributed by atoms with Gasteiger partial charge in [0, 0.05) is 11.0 Å². The Morgan fingerprint density at radius 1 is 1.06 bits per heavy atom. The molecule has 1 aromatic rings. The van der Waals surface area contributed by atoms with Crippen LogP contribution in [-0.2, 0) is 12.8 Å². The third-order valence-electron chi connectivity index (χ3n) is 3.29. The first-order valence-corrected chi connectivity index (χ1v) is 6.15. The third kappa shape index (κ3) is 2.18. The Hall–Kier alpha value is -1.11. The molecule has 0 fully saturated rings. The standard InChI is InChI=1S/C15H20O/c1-15(2,3)14(16)13-9-8-11-6-4-5-7-12(11)10-13/h8-10H,4-7H2,1-3H3. The Bertz CT molecular complexity index is 410. The molecule has 0 atom stereocenters. The van der Waals surface area contributed by atoms with E-state index in [0.29, 0.717) is 0 Å². The molecule has 0 aromatic heterocycles. The van der Waals surface area contributed by atoms with Crippen LogP contribution in [0.25, 0.3) is 0 Å². The number of aryl methyl sites for hydroxylation is 2. The first kappa shape index (κ1) is 11.4. The average molecular weight is 216 g/mol. The van der Waals surface area contributed by atoms with E-state index in [2.05, 4.69) is 12.1 Å². The van der Waals surface area contributed by atoms with Crippen LogP contribution in [0.1, 0.15) is 55.1 Å². The van der Waals surface area contributed by atoms with Gasteiger partial charge < -0.3 is 0 Å². The second-order valence-electron chi connectivity index (χ2n) is 5.77. The fourth-order valence-corrected chi connectivity index (χ4v) is 2.31. The van der Waals surface area contributed by atoms with Crippen LogP contribution in [0.3, 0.4) is 0 Å². The van der Waals surface area contributed by atoms with Gasteiger partial charge >= 0.3 is 0 Å². The van der Waals surface area contributed by atoms with Crippen LogP contribution in [0.2, 0.25) is 0 Å². The summed E-state index contributed by atoms with van der Waals surface area (Å²) in [6.45, 7) is 5.94. The molecule has 0 unspecified atom stereocenters. The number of fused-ring (bicyclic) bond motifs is 1. The van der Waals surface area contributed by atoms with Gasteiger partial charge in [-0.05, 0) is 42.9 Å². The fourth-order valence-electron chi connectivity index (χ4n) is 2.31. The van der Waals surface area contributed by atoms with Crippen molar-refractivity contribution in [2.45, 2.75) is 46.5 Å². The van der Waals surface area contributed by atoms with Gasteiger partial charge in [-0.2, -0.15) is 0 Å². The Balaban J connectivity index is 2.34. The van der Waals surface area contributed by atoms with E-state index in [0.717, 1.165) is 12.0 Å². The maximum absolute atomic E-state index is 12.2. The van der Waals surface area contributed by atoms with Crippen molar-refractivity contribution in [3.8, 4) is 0 Å². The summed E-state index contributed by atoms with van der Waals surface area (Å²) in [5.74, 6) is 0.251. The normalized spacial score (nSPS) is 15.7. The van der Waals surface area contributed by atoms with Crippen molar-refractivity contribution in [1.82, 2.24) is 0 Å². The molecule has 86 valence electrons. The minimum Gasteiger partial charge on any atom is -0.294 e. The lowest BCUT2D eigenvalue weighted by molar-refractivity contribution is 0.0858. The van der Waals surface area contributed by atoms with E-state index in [1.54, 1.807) is 0 Å². The minimum atomic E-state index is -0.275. The van der Waals surface area contributed by atoms with Gasteiger partial charge in [0.25, 0.3) is 0 Å². The second-order valence-corrected chi connectivity index (χ2v) is 5.77. The highest BCUT2D eigenvalue weighted by atomic mass is 16.1. The number of Topliss-reactive ketones (excluding diaryl/α,β-unsaturated/α-hetero) is 1. The van der Waals surface area contributed by atoms with Gasteiger partial charge in [-0.1, -0.05) is 32.9 Å². The maximum Gasteiger partial charge on any atom is 0.168 e. The molecular formula is C15H20O. The number of carbonyl (C=O) groups is 1. The van der Waals surface area contributed by atoms with Gasteiger partial charge in [0.05, 0.1) is 0 Å². The van der Waals surface area contributed by atoms with Crippen LogP contribution in [0.5, 0.6) is 0 Å². The molecule has 16 heavy (non-hydrogen) atoms. The highest BCUT2D eigenvalue weighted by Gasteiger charge is 2.23. The molecule has 1 nitrogen and oxygen atoms in total. The average Bonchev–Trinajstić information content (AvgIpc) is 2.26. The predicted octanol–water partition coefficient (Wildman–Crippen LogP) is 3.79. The van der Waals surface area contributed by atoms with Gasteiger partial charge in [-0.3, -0.25) is 4.79 Å². The smallest absolute Gasteiger partial charge is 0.168 e. The highest BCUT2D eigenvalue weighted by Crippen LogP contribution is 2.26. The molecule has 1 aliphatic carbocycles. The minimum absolute atomic E-state index is 0.251. The van der Waals surface area contributed by atoms with Gasteiger partial charge in [-0.15, -0.1) is 0 Å².